The molecule has 0 unspecified atom stereocenters. The van der Waals surface area contributed by atoms with Gasteiger partial charge >= 0.3 is 0 Å². The van der Waals surface area contributed by atoms with Crippen molar-refractivity contribution in [1.82, 2.24) is 23.7 Å². The fraction of sp³-hybridized carbons (Fsp3) is 0. The van der Waals surface area contributed by atoms with E-state index in [1.807, 2.05) is 60.7 Å². The maximum absolute atomic E-state index is 9.89. The Bertz CT molecular complexity index is 5100. The highest BCUT2D eigenvalue weighted by atomic mass is 15.0. The Labute approximate surface area is 476 Å². The maximum Gasteiger partial charge on any atom is 0.160 e. The van der Waals surface area contributed by atoms with Gasteiger partial charge in [0.25, 0.3) is 0 Å². The van der Waals surface area contributed by atoms with Gasteiger partial charge in [-0.2, -0.15) is 21.0 Å². The molecule has 0 saturated carbocycles. The SMILES string of the molecule is N#Cc1cccc(-c2cc(-c3ccc(-c4ccc(-c5ccc(-n6c7ccc(-n8c9ccccc9c9cc(C#N)ccc98)cc7c7cc(-n8c9ccccc9c9cc(C#N)ccc98)ccc76)cc5)cc4)cc3)nc(-c3cccc(C#N)c3)n2)c1. The third kappa shape index (κ3) is 8.05. The second-order valence-corrected chi connectivity index (χ2v) is 20.7. The summed E-state index contributed by atoms with van der Waals surface area (Å²) in [6.07, 6.45) is 0. The lowest BCUT2D eigenvalue weighted by Gasteiger charge is -2.12. The molecular weight excluding hydrogens is 1010 g/mol. The summed E-state index contributed by atoms with van der Waals surface area (Å²) in [4.78, 5) is 9.89. The molecule has 15 aromatic rings. The zero-order valence-electron chi connectivity index (χ0n) is 44.2. The van der Waals surface area contributed by atoms with Crippen LogP contribution < -0.4 is 0 Å². The third-order valence-electron chi connectivity index (χ3n) is 16.0. The van der Waals surface area contributed by atoms with Gasteiger partial charge in [-0.05, 0) is 150 Å². The third-order valence-corrected chi connectivity index (χ3v) is 16.0. The fourth-order valence-electron chi connectivity index (χ4n) is 12.0. The quantitative estimate of drug-likeness (QED) is 0.149. The molecule has 0 atom stereocenters. The molecule has 4 aromatic heterocycles. The smallest absolute Gasteiger partial charge is 0.160 e. The molecule has 0 aliphatic rings. The number of nitrogens with zero attached hydrogens (tertiary/aromatic N) is 9. The van der Waals surface area contributed by atoms with Crippen molar-refractivity contribution in [2.45, 2.75) is 0 Å². The van der Waals surface area contributed by atoms with Crippen molar-refractivity contribution in [1.29, 1.82) is 21.0 Å². The van der Waals surface area contributed by atoms with E-state index in [-0.39, 0.29) is 0 Å². The molecule has 0 saturated heterocycles. The lowest BCUT2D eigenvalue weighted by Crippen LogP contribution is -1.96. The number of nitriles is 4. The van der Waals surface area contributed by atoms with Gasteiger partial charge in [-0.15, -0.1) is 0 Å². The maximum atomic E-state index is 9.89. The van der Waals surface area contributed by atoms with Crippen LogP contribution in [0, 0.1) is 45.3 Å². The molecule has 15 rings (SSSR count). The van der Waals surface area contributed by atoms with Crippen LogP contribution >= 0.6 is 0 Å². The van der Waals surface area contributed by atoms with Gasteiger partial charge in [0.2, 0.25) is 0 Å². The summed E-state index contributed by atoms with van der Waals surface area (Å²) in [6.45, 7) is 0. The molecule has 0 amide bonds. The Balaban J connectivity index is 0.792. The van der Waals surface area contributed by atoms with E-state index >= 15 is 0 Å². The summed E-state index contributed by atoms with van der Waals surface area (Å²) in [7, 11) is 0. The molecule has 9 heteroatoms. The number of benzene rings is 11. The van der Waals surface area contributed by atoms with Crippen molar-refractivity contribution >= 4 is 65.4 Å². The summed E-state index contributed by atoms with van der Waals surface area (Å²) >= 11 is 0. The zero-order chi connectivity index (χ0) is 55.7. The molecule has 0 radical (unpaired) electrons. The van der Waals surface area contributed by atoms with Crippen LogP contribution in [0.4, 0.5) is 0 Å². The van der Waals surface area contributed by atoms with Crippen molar-refractivity contribution in [3.05, 3.63) is 271 Å². The summed E-state index contributed by atoms with van der Waals surface area (Å²) in [6, 6.07) is 93.6. The molecule has 4 heterocycles. The molecule has 0 bridgehead atoms. The topological polar surface area (TPSA) is 136 Å². The van der Waals surface area contributed by atoms with Gasteiger partial charge < -0.3 is 13.7 Å². The monoisotopic (exact) mass is 1060 g/mol. The number of hydrogen-bond donors (Lipinski definition) is 0. The minimum atomic E-state index is 0.491. The van der Waals surface area contributed by atoms with Gasteiger partial charge in [0.05, 0.1) is 91.0 Å². The predicted octanol–water partition coefficient (Wildman–Crippen LogP) is 17.6. The Morgan fingerprint density at radius 2 is 0.590 bits per heavy atom. The van der Waals surface area contributed by atoms with E-state index in [1.165, 1.54) is 0 Å². The minimum Gasteiger partial charge on any atom is -0.309 e. The molecule has 0 N–H and O–H groups in total. The number of fused-ring (bicyclic) bond motifs is 9. The van der Waals surface area contributed by atoms with Crippen LogP contribution in [-0.2, 0) is 0 Å². The average Bonchev–Trinajstić information content (AvgIpc) is 3.05. The van der Waals surface area contributed by atoms with Gasteiger partial charge in [-0.1, -0.05) is 121 Å². The van der Waals surface area contributed by atoms with Crippen molar-refractivity contribution in [2.24, 2.45) is 0 Å². The van der Waals surface area contributed by atoms with E-state index in [4.69, 9.17) is 9.97 Å². The normalized spacial score (nSPS) is 11.3. The summed E-state index contributed by atoms with van der Waals surface area (Å²) < 4.78 is 6.96. The molecule has 0 aliphatic carbocycles. The number of para-hydroxylation sites is 2. The van der Waals surface area contributed by atoms with E-state index in [1.54, 1.807) is 18.2 Å². The van der Waals surface area contributed by atoms with E-state index < -0.39 is 0 Å². The molecule has 11 aromatic carbocycles. The van der Waals surface area contributed by atoms with Gasteiger partial charge in [0.1, 0.15) is 0 Å². The fourth-order valence-corrected chi connectivity index (χ4v) is 12.0. The molecule has 382 valence electrons. The van der Waals surface area contributed by atoms with Gasteiger partial charge in [-0.25, -0.2) is 9.97 Å². The second-order valence-electron chi connectivity index (χ2n) is 20.7. The highest BCUT2D eigenvalue weighted by Crippen LogP contribution is 2.41. The van der Waals surface area contributed by atoms with Crippen molar-refractivity contribution in [3.8, 4) is 97.5 Å². The zero-order valence-corrected chi connectivity index (χ0v) is 44.2. The molecule has 0 spiro atoms. The van der Waals surface area contributed by atoms with E-state index in [9.17, 15) is 21.0 Å². The van der Waals surface area contributed by atoms with Crippen molar-refractivity contribution in [3.63, 3.8) is 0 Å². The standard InChI is InChI=1S/C74H41N9/c75-42-46-7-5-9-55(35-46)67-41-66(79-74(80-67)56-10-6-8-47(36-56)43-76)54-23-21-52(22-24-54)50-17-19-51(20-18-50)53-25-27-57(28-26-53)81-72-33-29-58(82-68-13-3-1-11-60(68)62-37-48(44-77)15-31-70(62)82)39-64(72)65-40-59(30-34-73(65)81)83-69-14-4-2-12-61(69)63-38-49(45-78)16-32-71(63)83/h1-41H. The van der Waals surface area contributed by atoms with Crippen molar-refractivity contribution < 1.29 is 0 Å². The van der Waals surface area contributed by atoms with Crippen LogP contribution in [0.2, 0.25) is 0 Å². The first-order chi connectivity index (χ1) is 40.9. The van der Waals surface area contributed by atoms with Crippen LogP contribution in [0.15, 0.2) is 249 Å². The Morgan fingerprint density at radius 3 is 1.07 bits per heavy atom. The first-order valence-corrected chi connectivity index (χ1v) is 27.1. The highest BCUT2D eigenvalue weighted by Gasteiger charge is 2.20. The molecule has 9 nitrogen and oxygen atoms in total. The van der Waals surface area contributed by atoms with Crippen LogP contribution in [-0.4, -0.2) is 23.7 Å². The first kappa shape index (κ1) is 48.0. The summed E-state index contributed by atoms with van der Waals surface area (Å²) in [5.41, 5.74) is 19.9. The lowest BCUT2D eigenvalue weighted by atomic mass is 9.98. The summed E-state index contributed by atoms with van der Waals surface area (Å²) in [5.74, 6) is 0.491. The van der Waals surface area contributed by atoms with E-state index in [0.717, 1.165) is 127 Å². The van der Waals surface area contributed by atoms with Crippen LogP contribution in [0.25, 0.3) is 139 Å². The highest BCUT2D eigenvalue weighted by molar-refractivity contribution is 6.14. The van der Waals surface area contributed by atoms with Gasteiger partial charge in [-0.3, -0.25) is 0 Å². The van der Waals surface area contributed by atoms with E-state index in [0.29, 0.717) is 33.8 Å². The molecular formula is C74H41N9. The van der Waals surface area contributed by atoms with E-state index in [2.05, 4.69) is 208 Å². The summed E-state index contributed by atoms with van der Waals surface area (Å²) in [5, 5.41) is 45.5. The second kappa shape index (κ2) is 19.3. The largest absolute Gasteiger partial charge is 0.309 e. The predicted molar refractivity (Wildman–Crippen MR) is 331 cm³/mol. The Hall–Kier alpha value is -12.1. The van der Waals surface area contributed by atoms with Gasteiger partial charge in [0.15, 0.2) is 5.82 Å². The van der Waals surface area contributed by atoms with Crippen LogP contribution in [0.3, 0.4) is 0 Å². The lowest BCUT2D eigenvalue weighted by molar-refractivity contribution is 1.16. The average molecular weight is 1060 g/mol. The van der Waals surface area contributed by atoms with Crippen LogP contribution in [0.5, 0.6) is 0 Å². The first-order valence-electron chi connectivity index (χ1n) is 27.1. The number of aromatic nitrogens is 5. The van der Waals surface area contributed by atoms with Gasteiger partial charge in [0, 0.05) is 66.1 Å². The Morgan fingerprint density at radius 1 is 0.241 bits per heavy atom. The molecule has 0 aliphatic heterocycles. The van der Waals surface area contributed by atoms with Crippen molar-refractivity contribution in [2.75, 3.05) is 0 Å². The molecule has 83 heavy (non-hydrogen) atoms. The number of hydrogen-bond acceptors (Lipinski definition) is 6. The molecule has 0 fully saturated rings. The van der Waals surface area contributed by atoms with Crippen LogP contribution in [0.1, 0.15) is 22.3 Å². The number of rotatable bonds is 8. The Kier molecular flexibility index (Phi) is 11.2. The minimum absolute atomic E-state index is 0.491.